The molecule has 3 aromatic rings. The molecule has 0 saturated carbocycles. The van der Waals surface area contributed by atoms with Gasteiger partial charge in [0.05, 0.1) is 21.2 Å². The van der Waals surface area contributed by atoms with Crippen LogP contribution in [-0.2, 0) is 7.05 Å². The van der Waals surface area contributed by atoms with Crippen molar-refractivity contribution < 1.29 is 9.72 Å². The molecule has 0 unspecified atom stereocenters. The van der Waals surface area contributed by atoms with Gasteiger partial charge in [-0.15, -0.1) is 5.10 Å². The number of carbonyl (C=O) groups is 1. The Kier molecular flexibility index (Phi) is 5.24. The van der Waals surface area contributed by atoms with Gasteiger partial charge in [0, 0.05) is 18.8 Å². The Morgan fingerprint density at radius 1 is 1.33 bits per heavy atom. The van der Waals surface area contributed by atoms with Crippen LogP contribution in [0.3, 0.4) is 0 Å². The van der Waals surface area contributed by atoms with Gasteiger partial charge in [0.1, 0.15) is 10.3 Å². The van der Waals surface area contributed by atoms with Crippen molar-refractivity contribution in [1.29, 1.82) is 0 Å². The molecule has 0 amide bonds. The molecule has 3 rings (SSSR count). The van der Waals surface area contributed by atoms with E-state index in [1.807, 2.05) is 0 Å². The van der Waals surface area contributed by atoms with Crippen molar-refractivity contribution in [2.75, 3.05) is 5.32 Å². The summed E-state index contributed by atoms with van der Waals surface area (Å²) in [5.74, 6) is -0.329. The molecule has 0 saturated heterocycles. The highest BCUT2D eigenvalue weighted by atomic mass is 79.9. The number of nitro groups is 1. The molecular weight excluding hydrogens is 438 g/mol. The van der Waals surface area contributed by atoms with E-state index in [1.165, 1.54) is 10.9 Å². The summed E-state index contributed by atoms with van der Waals surface area (Å²) in [6.07, 6.45) is 1.37. The van der Waals surface area contributed by atoms with Gasteiger partial charge in [-0.05, 0) is 41.1 Å². The van der Waals surface area contributed by atoms with E-state index in [1.54, 1.807) is 44.3 Å². The quantitative estimate of drug-likeness (QED) is 0.267. The van der Waals surface area contributed by atoms with Gasteiger partial charge in [-0.3, -0.25) is 19.6 Å². The largest absolute Gasteiger partial charge is 0.333 e. The number of carbonyl (C=O) groups excluding carboxylic acids is 1. The van der Waals surface area contributed by atoms with Crippen molar-refractivity contribution in [3.05, 3.63) is 73.1 Å². The van der Waals surface area contributed by atoms with Gasteiger partial charge in [0.25, 0.3) is 0 Å². The Bertz CT molecular complexity index is 1070. The van der Waals surface area contributed by atoms with E-state index in [0.29, 0.717) is 26.6 Å². The molecule has 0 spiro atoms. The Morgan fingerprint density at radius 2 is 2.04 bits per heavy atom. The molecule has 10 heteroatoms. The van der Waals surface area contributed by atoms with Gasteiger partial charge in [-0.25, -0.2) is 4.98 Å². The third-order valence-corrected chi connectivity index (χ3v) is 4.74. The predicted molar refractivity (Wildman–Crippen MR) is 105 cm³/mol. The van der Waals surface area contributed by atoms with Crippen molar-refractivity contribution in [2.45, 2.75) is 6.92 Å². The van der Waals surface area contributed by atoms with Crippen LogP contribution in [0.5, 0.6) is 0 Å². The maximum Gasteiger partial charge on any atom is 0.333 e. The Morgan fingerprint density at radius 3 is 2.70 bits per heavy atom. The number of halogens is 2. The summed E-state index contributed by atoms with van der Waals surface area (Å²) >= 11 is 9.38. The third kappa shape index (κ3) is 3.69. The van der Waals surface area contributed by atoms with Crippen molar-refractivity contribution >= 4 is 50.5 Å². The van der Waals surface area contributed by atoms with E-state index in [2.05, 4.69) is 31.3 Å². The summed E-state index contributed by atoms with van der Waals surface area (Å²) in [5.41, 5.74) is 1.06. The Labute approximate surface area is 167 Å². The van der Waals surface area contributed by atoms with Crippen LogP contribution in [0.1, 0.15) is 21.6 Å². The Hall–Kier alpha value is -2.78. The number of nitrogens with zero attached hydrogens (tertiary/aromatic N) is 4. The standard InChI is InChI=1S/C17H13BrClN5O3/c1-9-15(24(26)27)17(22-23(9)2)21-13-7-14(18)20-8-11(13)16(25)10-5-3-4-6-12(10)19/h3-8H,1-2H3,(H,20,21,22). The van der Waals surface area contributed by atoms with Gasteiger partial charge in [-0.2, -0.15) is 0 Å². The first kappa shape index (κ1) is 19.0. The van der Waals surface area contributed by atoms with Crippen LogP contribution in [0, 0.1) is 17.0 Å². The molecule has 0 radical (unpaired) electrons. The van der Waals surface area contributed by atoms with Crippen molar-refractivity contribution in [1.82, 2.24) is 14.8 Å². The lowest BCUT2D eigenvalue weighted by atomic mass is 10.0. The van der Waals surface area contributed by atoms with E-state index in [4.69, 9.17) is 11.6 Å². The molecule has 8 nitrogen and oxygen atoms in total. The molecule has 138 valence electrons. The number of rotatable bonds is 5. The topological polar surface area (TPSA) is 103 Å². The van der Waals surface area contributed by atoms with Crippen LogP contribution in [0.4, 0.5) is 17.2 Å². The van der Waals surface area contributed by atoms with E-state index >= 15 is 0 Å². The Balaban J connectivity index is 2.09. The van der Waals surface area contributed by atoms with Crippen LogP contribution in [0.25, 0.3) is 0 Å². The van der Waals surface area contributed by atoms with Crippen LogP contribution in [0.2, 0.25) is 5.02 Å². The zero-order valence-electron chi connectivity index (χ0n) is 14.2. The summed E-state index contributed by atoms with van der Waals surface area (Å²) in [7, 11) is 1.60. The zero-order valence-corrected chi connectivity index (χ0v) is 16.6. The van der Waals surface area contributed by atoms with Gasteiger partial charge in [-0.1, -0.05) is 23.7 Å². The minimum Gasteiger partial charge on any atom is -0.332 e. The van der Waals surface area contributed by atoms with Gasteiger partial charge >= 0.3 is 5.69 Å². The highest BCUT2D eigenvalue weighted by Gasteiger charge is 2.26. The molecule has 0 fully saturated rings. The fourth-order valence-electron chi connectivity index (χ4n) is 2.53. The lowest BCUT2D eigenvalue weighted by Gasteiger charge is -2.10. The molecule has 2 aromatic heterocycles. The normalized spacial score (nSPS) is 10.7. The minimum atomic E-state index is -0.517. The zero-order chi connectivity index (χ0) is 19.7. The first-order chi connectivity index (χ1) is 12.8. The number of hydrogen-bond acceptors (Lipinski definition) is 6. The summed E-state index contributed by atoms with van der Waals surface area (Å²) in [6, 6.07) is 8.19. The van der Waals surface area contributed by atoms with Gasteiger partial charge < -0.3 is 5.32 Å². The average Bonchev–Trinajstić information content (AvgIpc) is 2.89. The maximum absolute atomic E-state index is 12.9. The van der Waals surface area contributed by atoms with Crippen molar-refractivity contribution in [3.8, 4) is 0 Å². The highest BCUT2D eigenvalue weighted by Crippen LogP contribution is 2.32. The van der Waals surface area contributed by atoms with Crippen molar-refractivity contribution in [2.24, 2.45) is 7.05 Å². The van der Waals surface area contributed by atoms with E-state index in [0.717, 1.165) is 0 Å². The minimum absolute atomic E-state index is 0.0336. The average molecular weight is 451 g/mol. The highest BCUT2D eigenvalue weighted by molar-refractivity contribution is 9.10. The molecule has 0 atom stereocenters. The molecule has 0 aliphatic carbocycles. The summed E-state index contributed by atoms with van der Waals surface area (Å²) in [4.78, 5) is 27.9. The number of aromatic nitrogens is 3. The monoisotopic (exact) mass is 449 g/mol. The first-order valence-electron chi connectivity index (χ1n) is 7.69. The number of pyridine rings is 1. The number of nitrogens with one attached hydrogen (secondary N) is 1. The van der Waals surface area contributed by atoms with Crippen LogP contribution >= 0.6 is 27.5 Å². The second-order valence-electron chi connectivity index (χ2n) is 5.65. The second kappa shape index (κ2) is 7.45. The first-order valence-corrected chi connectivity index (χ1v) is 8.86. The number of hydrogen-bond donors (Lipinski definition) is 1. The summed E-state index contributed by atoms with van der Waals surface area (Å²) < 4.78 is 1.85. The predicted octanol–water partition coefficient (Wildman–Crippen LogP) is 4.42. The van der Waals surface area contributed by atoms with E-state index in [9.17, 15) is 14.9 Å². The van der Waals surface area contributed by atoms with Crippen LogP contribution in [0.15, 0.2) is 41.1 Å². The van der Waals surface area contributed by atoms with Gasteiger partial charge in [0.15, 0.2) is 5.78 Å². The lowest BCUT2D eigenvalue weighted by molar-refractivity contribution is -0.384. The number of ketones is 1. The molecule has 1 aromatic carbocycles. The summed E-state index contributed by atoms with van der Waals surface area (Å²) in [6.45, 7) is 1.59. The van der Waals surface area contributed by atoms with E-state index < -0.39 is 4.92 Å². The molecular formula is C17H13BrClN5O3. The van der Waals surface area contributed by atoms with E-state index in [-0.39, 0.29) is 22.9 Å². The maximum atomic E-state index is 12.9. The number of benzene rings is 1. The second-order valence-corrected chi connectivity index (χ2v) is 6.87. The third-order valence-electron chi connectivity index (χ3n) is 3.97. The van der Waals surface area contributed by atoms with Crippen LogP contribution in [-0.4, -0.2) is 25.5 Å². The van der Waals surface area contributed by atoms with Crippen LogP contribution < -0.4 is 5.32 Å². The SMILES string of the molecule is Cc1c([N+](=O)[O-])c(Nc2cc(Br)ncc2C(=O)c2ccccc2Cl)nn1C. The lowest BCUT2D eigenvalue weighted by Crippen LogP contribution is -2.08. The van der Waals surface area contributed by atoms with Gasteiger partial charge in [0.2, 0.25) is 5.82 Å². The smallest absolute Gasteiger partial charge is 0.332 e. The molecule has 0 aliphatic heterocycles. The number of aryl methyl sites for hydroxylation is 1. The molecule has 27 heavy (non-hydrogen) atoms. The number of anilines is 2. The molecule has 2 heterocycles. The van der Waals surface area contributed by atoms with Crippen molar-refractivity contribution in [3.63, 3.8) is 0 Å². The molecule has 0 aliphatic rings. The fraction of sp³-hybridized carbons (Fsp3) is 0.118. The fourth-order valence-corrected chi connectivity index (χ4v) is 3.08. The summed E-state index contributed by atoms with van der Waals surface area (Å²) in [5, 5.41) is 18.7. The molecule has 0 bridgehead atoms. The molecule has 1 N–H and O–H groups in total.